The summed E-state index contributed by atoms with van der Waals surface area (Å²) in [4.78, 5) is 0. The fraction of sp³-hybridized carbons (Fsp3) is 1.00. The van der Waals surface area contributed by atoms with E-state index in [1.165, 1.54) is 44.9 Å². The third-order valence-corrected chi connectivity index (χ3v) is 17.1. The second-order valence-corrected chi connectivity index (χ2v) is 20.8. The number of hydrogen-bond donors (Lipinski definition) is 0. The van der Waals surface area contributed by atoms with E-state index >= 15 is 0 Å². The van der Waals surface area contributed by atoms with Crippen molar-refractivity contribution in [1.82, 2.24) is 0 Å². The molecule has 5 rings (SSSR count). The summed E-state index contributed by atoms with van der Waals surface area (Å²) in [5, 5.41) is 0.244. The van der Waals surface area contributed by atoms with Crippen LogP contribution in [-0.4, -0.2) is 32.4 Å². The third-order valence-electron chi connectivity index (χ3n) is 12.7. The van der Waals surface area contributed by atoms with E-state index in [0.717, 1.165) is 5.92 Å². The lowest BCUT2D eigenvalue weighted by atomic mass is 9.39. The quantitative estimate of drug-likeness (QED) is 0.365. The van der Waals surface area contributed by atoms with Crippen LogP contribution < -0.4 is 0 Å². The smallest absolute Gasteiger partial charge is 0.192 e. The summed E-state index contributed by atoms with van der Waals surface area (Å²) < 4.78 is 21.0. The second kappa shape index (κ2) is 7.57. The first kappa shape index (κ1) is 25.7. The lowest BCUT2D eigenvalue weighted by Gasteiger charge is -2.67. The van der Waals surface area contributed by atoms with E-state index in [2.05, 4.69) is 75.4 Å². The van der Waals surface area contributed by atoms with Crippen LogP contribution in [0.25, 0.3) is 0 Å². The van der Waals surface area contributed by atoms with E-state index in [1.807, 2.05) is 0 Å². The molecule has 1 heterocycles. The standard InChI is InChI=1S/C30H54O3Si/c1-26(2,3)34(10,11)33-22-16-15-19-23-21(18-27(4,5)30(19,22)9)29(8)17-13-12-14-20(29)24-25(23)32-28(6,7)31-24/h19-25H,12-18H2,1-11H3/t19?,20?,21?,22?,23?,24?,25?,29-,30-/m0/s1. The number of fused-ring (bicyclic) bond motifs is 8. The first-order valence-electron chi connectivity index (χ1n) is 14.5. The fourth-order valence-electron chi connectivity index (χ4n) is 9.54. The molecule has 3 nitrogen and oxygen atoms in total. The Balaban J connectivity index is 1.56. The zero-order chi connectivity index (χ0) is 25.1. The van der Waals surface area contributed by atoms with E-state index in [4.69, 9.17) is 13.9 Å². The molecule has 196 valence electrons. The molecule has 0 radical (unpaired) electrons. The maximum atomic E-state index is 7.30. The van der Waals surface area contributed by atoms with Gasteiger partial charge in [-0.2, -0.15) is 0 Å². The summed E-state index contributed by atoms with van der Waals surface area (Å²) in [5.74, 6) is 2.17. The molecule has 34 heavy (non-hydrogen) atoms. The van der Waals surface area contributed by atoms with E-state index in [9.17, 15) is 0 Å². The van der Waals surface area contributed by atoms with Gasteiger partial charge in [-0.3, -0.25) is 0 Å². The van der Waals surface area contributed by atoms with Gasteiger partial charge in [-0.05, 0) is 98.6 Å². The highest BCUT2D eigenvalue weighted by Crippen LogP contribution is 2.73. The van der Waals surface area contributed by atoms with Crippen molar-refractivity contribution >= 4 is 8.32 Å². The minimum absolute atomic E-state index is 0.183. The average Bonchev–Trinajstić information content (AvgIpc) is 3.18. The molecule has 0 N–H and O–H groups in total. The van der Waals surface area contributed by atoms with Gasteiger partial charge < -0.3 is 13.9 Å². The van der Waals surface area contributed by atoms with Crippen molar-refractivity contribution in [2.45, 2.75) is 149 Å². The Bertz CT molecular complexity index is 812. The van der Waals surface area contributed by atoms with Crippen molar-refractivity contribution in [2.24, 2.45) is 39.9 Å². The van der Waals surface area contributed by atoms with Crippen LogP contribution in [0.1, 0.15) is 107 Å². The zero-order valence-electron chi connectivity index (χ0n) is 24.2. The Morgan fingerprint density at radius 1 is 0.794 bits per heavy atom. The highest BCUT2D eigenvalue weighted by Gasteiger charge is 2.72. The van der Waals surface area contributed by atoms with Gasteiger partial charge in [0.2, 0.25) is 0 Å². The maximum Gasteiger partial charge on any atom is 0.192 e. The predicted octanol–water partition coefficient (Wildman–Crippen LogP) is 8.19. The summed E-state index contributed by atoms with van der Waals surface area (Å²) in [5.41, 5.74) is 0.822. The van der Waals surface area contributed by atoms with Crippen LogP contribution in [0.3, 0.4) is 0 Å². The van der Waals surface area contributed by atoms with E-state index < -0.39 is 14.1 Å². The average molecular weight is 491 g/mol. The number of ether oxygens (including phenoxy) is 2. The van der Waals surface area contributed by atoms with Crippen LogP contribution in [0, 0.1) is 39.9 Å². The molecule has 5 aliphatic rings. The Labute approximate surface area is 211 Å². The van der Waals surface area contributed by atoms with E-state index in [1.54, 1.807) is 0 Å². The monoisotopic (exact) mass is 490 g/mol. The van der Waals surface area contributed by atoms with Crippen LogP contribution in [0.5, 0.6) is 0 Å². The van der Waals surface area contributed by atoms with E-state index in [-0.39, 0.29) is 28.1 Å². The summed E-state index contributed by atoms with van der Waals surface area (Å²) in [6.07, 6.45) is 10.1. The molecule has 0 spiro atoms. The summed E-state index contributed by atoms with van der Waals surface area (Å²) in [7, 11) is -1.85. The zero-order valence-corrected chi connectivity index (χ0v) is 25.2. The number of hydrogen-bond acceptors (Lipinski definition) is 3. The molecule has 4 aliphatic carbocycles. The summed E-state index contributed by atoms with van der Waals surface area (Å²) >= 11 is 0. The molecule has 0 aromatic heterocycles. The van der Waals surface area contributed by atoms with Gasteiger partial charge >= 0.3 is 0 Å². The molecule has 1 aliphatic heterocycles. The van der Waals surface area contributed by atoms with Crippen molar-refractivity contribution in [1.29, 1.82) is 0 Å². The summed E-state index contributed by atoms with van der Waals surface area (Å²) in [6, 6.07) is 0. The number of rotatable bonds is 2. The first-order valence-corrected chi connectivity index (χ1v) is 17.4. The third kappa shape index (κ3) is 3.43. The highest BCUT2D eigenvalue weighted by atomic mass is 28.4. The summed E-state index contributed by atoms with van der Waals surface area (Å²) in [6.45, 7) is 26.8. The fourth-order valence-corrected chi connectivity index (χ4v) is 11.0. The molecule has 5 fully saturated rings. The van der Waals surface area contributed by atoms with Gasteiger partial charge in [0.1, 0.15) is 0 Å². The van der Waals surface area contributed by atoms with Crippen LogP contribution in [0.2, 0.25) is 18.1 Å². The molecule has 4 saturated carbocycles. The molecule has 0 bridgehead atoms. The van der Waals surface area contributed by atoms with Gasteiger partial charge in [-0.25, -0.2) is 0 Å². The lowest BCUT2D eigenvalue weighted by Crippen LogP contribution is -2.66. The van der Waals surface area contributed by atoms with Gasteiger partial charge in [-0.15, -0.1) is 0 Å². The van der Waals surface area contributed by atoms with Gasteiger partial charge in [0.25, 0.3) is 0 Å². The Morgan fingerprint density at radius 2 is 1.44 bits per heavy atom. The normalized spacial score (nSPS) is 49.7. The Kier molecular flexibility index (Phi) is 5.73. The Morgan fingerprint density at radius 3 is 2.09 bits per heavy atom. The molecule has 9 atom stereocenters. The lowest BCUT2D eigenvalue weighted by molar-refractivity contribution is -0.219. The largest absolute Gasteiger partial charge is 0.413 e. The molecule has 0 aromatic carbocycles. The first-order chi connectivity index (χ1) is 15.4. The molecule has 0 amide bonds. The molecule has 7 unspecified atom stereocenters. The molecular formula is C30H54O3Si. The van der Waals surface area contributed by atoms with Gasteiger partial charge in [-0.1, -0.05) is 61.3 Å². The van der Waals surface area contributed by atoms with Crippen LogP contribution in [-0.2, 0) is 13.9 Å². The van der Waals surface area contributed by atoms with Crippen LogP contribution in [0.15, 0.2) is 0 Å². The van der Waals surface area contributed by atoms with Crippen molar-refractivity contribution in [3.05, 3.63) is 0 Å². The van der Waals surface area contributed by atoms with Gasteiger partial charge in [0.15, 0.2) is 14.1 Å². The minimum Gasteiger partial charge on any atom is -0.413 e. The van der Waals surface area contributed by atoms with Crippen molar-refractivity contribution < 1.29 is 13.9 Å². The predicted molar refractivity (Wildman–Crippen MR) is 142 cm³/mol. The van der Waals surface area contributed by atoms with Crippen molar-refractivity contribution in [3.8, 4) is 0 Å². The highest BCUT2D eigenvalue weighted by molar-refractivity contribution is 6.74. The molecule has 0 aromatic rings. The maximum absolute atomic E-state index is 7.30. The van der Waals surface area contributed by atoms with Crippen LogP contribution in [0.4, 0.5) is 0 Å². The van der Waals surface area contributed by atoms with Gasteiger partial charge in [0.05, 0.1) is 18.3 Å². The molecule has 1 saturated heterocycles. The van der Waals surface area contributed by atoms with Crippen molar-refractivity contribution in [3.63, 3.8) is 0 Å². The molecule has 4 heteroatoms. The second-order valence-electron chi connectivity index (χ2n) is 16.0. The molecular weight excluding hydrogens is 436 g/mol. The SMILES string of the molecule is CC1(C)OC2C(O1)C1CCCC[C@]1(C)C1CC(C)(C)[C@]3(C)C(O[Si](C)(C)C(C)(C)C)CCC3C21. The van der Waals surface area contributed by atoms with E-state index in [0.29, 0.717) is 29.3 Å². The van der Waals surface area contributed by atoms with Crippen molar-refractivity contribution in [2.75, 3.05) is 0 Å². The van der Waals surface area contributed by atoms with Crippen LogP contribution >= 0.6 is 0 Å². The Hall–Kier alpha value is 0.0969. The van der Waals surface area contributed by atoms with Gasteiger partial charge in [0, 0.05) is 5.41 Å². The minimum atomic E-state index is -1.85. The topological polar surface area (TPSA) is 27.7 Å².